The van der Waals surface area contributed by atoms with Crippen molar-refractivity contribution >= 4 is 11.0 Å². The molecular weight excluding hydrogens is 259 g/mol. The second-order valence-electron chi connectivity index (χ2n) is 4.37. The molecule has 2 aromatic heterocycles. The fraction of sp³-hybridized carbons (Fsp3) is 0.133. The summed E-state index contributed by atoms with van der Waals surface area (Å²) in [6.45, 7) is 0.357. The molecule has 0 radical (unpaired) electrons. The Morgan fingerprint density at radius 3 is 3.00 bits per heavy atom. The summed E-state index contributed by atoms with van der Waals surface area (Å²) in [7, 11) is 1.58. The molecular formula is C15H13FN2O2. The Bertz CT molecular complexity index is 740. The molecule has 5 heteroatoms. The van der Waals surface area contributed by atoms with E-state index in [2.05, 4.69) is 9.97 Å². The number of fused-ring (bicyclic) bond motifs is 1. The number of ether oxygens (including phenoxy) is 2. The molecule has 0 fully saturated rings. The minimum absolute atomic E-state index is 0.351. The van der Waals surface area contributed by atoms with E-state index in [1.807, 2.05) is 12.1 Å². The zero-order valence-electron chi connectivity index (χ0n) is 10.9. The number of aromatic nitrogens is 2. The van der Waals surface area contributed by atoms with Crippen LogP contribution in [0.2, 0.25) is 0 Å². The smallest absolute Gasteiger partial charge is 0.146 e. The van der Waals surface area contributed by atoms with E-state index in [-0.39, 0.29) is 5.82 Å². The van der Waals surface area contributed by atoms with Gasteiger partial charge < -0.3 is 14.5 Å². The van der Waals surface area contributed by atoms with Crippen molar-refractivity contribution in [3.05, 3.63) is 54.1 Å². The van der Waals surface area contributed by atoms with Crippen LogP contribution in [0.25, 0.3) is 11.0 Å². The third-order valence-corrected chi connectivity index (χ3v) is 2.93. The maximum Gasteiger partial charge on any atom is 0.146 e. The molecule has 0 bridgehead atoms. The highest BCUT2D eigenvalue weighted by molar-refractivity contribution is 5.76. The first-order valence-electron chi connectivity index (χ1n) is 6.14. The van der Waals surface area contributed by atoms with Gasteiger partial charge in [0.15, 0.2) is 0 Å². The van der Waals surface area contributed by atoms with Gasteiger partial charge in [-0.25, -0.2) is 9.37 Å². The zero-order chi connectivity index (χ0) is 13.9. The summed E-state index contributed by atoms with van der Waals surface area (Å²) in [5.74, 6) is 0.638. The fourth-order valence-corrected chi connectivity index (χ4v) is 2.00. The van der Waals surface area contributed by atoms with Crippen molar-refractivity contribution in [2.45, 2.75) is 6.61 Å². The number of aromatic amines is 1. The van der Waals surface area contributed by atoms with Crippen LogP contribution in [0.5, 0.6) is 11.5 Å². The number of nitrogens with zero attached hydrogens (tertiary/aromatic N) is 1. The molecule has 0 aliphatic carbocycles. The molecule has 2 heterocycles. The first kappa shape index (κ1) is 12.6. The van der Waals surface area contributed by atoms with Crippen molar-refractivity contribution in [3.63, 3.8) is 0 Å². The van der Waals surface area contributed by atoms with Gasteiger partial charge in [0.25, 0.3) is 0 Å². The summed E-state index contributed by atoms with van der Waals surface area (Å²) in [5.41, 5.74) is 1.57. The molecule has 1 N–H and O–H groups in total. The highest BCUT2D eigenvalue weighted by Gasteiger charge is 2.08. The van der Waals surface area contributed by atoms with Gasteiger partial charge in [-0.05, 0) is 18.2 Å². The number of methoxy groups -OCH3 is 1. The van der Waals surface area contributed by atoms with Crippen LogP contribution >= 0.6 is 0 Å². The maximum atomic E-state index is 13.4. The molecule has 0 aliphatic rings. The molecule has 0 saturated carbocycles. The Balaban J connectivity index is 1.94. The quantitative estimate of drug-likeness (QED) is 0.788. The SMILES string of the molecule is COCc1ccc(F)cc1Oc1cnc2[nH]ccc2c1. The Labute approximate surface area is 115 Å². The van der Waals surface area contributed by atoms with E-state index < -0.39 is 0 Å². The third kappa shape index (κ3) is 2.48. The number of benzene rings is 1. The van der Waals surface area contributed by atoms with E-state index >= 15 is 0 Å². The molecule has 20 heavy (non-hydrogen) atoms. The second-order valence-corrected chi connectivity index (χ2v) is 4.37. The lowest BCUT2D eigenvalue weighted by Gasteiger charge is -2.10. The van der Waals surface area contributed by atoms with E-state index in [1.54, 1.807) is 25.6 Å². The average Bonchev–Trinajstić information content (AvgIpc) is 2.89. The number of H-pyrrole nitrogens is 1. The van der Waals surface area contributed by atoms with Crippen LogP contribution in [0, 0.1) is 5.82 Å². The normalized spacial score (nSPS) is 10.9. The molecule has 0 atom stereocenters. The summed E-state index contributed by atoms with van der Waals surface area (Å²) in [4.78, 5) is 7.23. The maximum absolute atomic E-state index is 13.4. The monoisotopic (exact) mass is 272 g/mol. The van der Waals surface area contributed by atoms with E-state index in [0.29, 0.717) is 18.1 Å². The summed E-state index contributed by atoms with van der Waals surface area (Å²) in [6.07, 6.45) is 3.40. The predicted molar refractivity (Wildman–Crippen MR) is 73.3 cm³/mol. The first-order valence-corrected chi connectivity index (χ1v) is 6.14. The van der Waals surface area contributed by atoms with Crippen molar-refractivity contribution in [1.82, 2.24) is 9.97 Å². The van der Waals surface area contributed by atoms with Crippen molar-refractivity contribution in [2.24, 2.45) is 0 Å². The molecule has 102 valence electrons. The van der Waals surface area contributed by atoms with Crippen molar-refractivity contribution < 1.29 is 13.9 Å². The van der Waals surface area contributed by atoms with Gasteiger partial charge >= 0.3 is 0 Å². The van der Waals surface area contributed by atoms with E-state index in [9.17, 15) is 4.39 Å². The molecule has 0 amide bonds. The van der Waals surface area contributed by atoms with Crippen LogP contribution in [-0.2, 0) is 11.3 Å². The van der Waals surface area contributed by atoms with Crippen molar-refractivity contribution in [3.8, 4) is 11.5 Å². The number of hydrogen-bond acceptors (Lipinski definition) is 3. The Hall–Kier alpha value is -2.40. The molecule has 3 rings (SSSR count). The zero-order valence-corrected chi connectivity index (χ0v) is 10.9. The van der Waals surface area contributed by atoms with E-state index in [0.717, 1.165) is 16.6 Å². The fourth-order valence-electron chi connectivity index (χ4n) is 2.00. The van der Waals surface area contributed by atoms with Gasteiger partial charge in [0.2, 0.25) is 0 Å². The number of rotatable bonds is 4. The molecule has 0 unspecified atom stereocenters. The van der Waals surface area contributed by atoms with Gasteiger partial charge in [-0.2, -0.15) is 0 Å². The molecule has 0 aliphatic heterocycles. The highest BCUT2D eigenvalue weighted by Crippen LogP contribution is 2.28. The molecule has 4 nitrogen and oxygen atoms in total. The first-order chi connectivity index (χ1) is 9.76. The average molecular weight is 272 g/mol. The van der Waals surface area contributed by atoms with Gasteiger partial charge in [-0.15, -0.1) is 0 Å². The van der Waals surface area contributed by atoms with Crippen LogP contribution in [-0.4, -0.2) is 17.1 Å². The Morgan fingerprint density at radius 2 is 2.15 bits per heavy atom. The largest absolute Gasteiger partial charge is 0.455 e. The highest BCUT2D eigenvalue weighted by atomic mass is 19.1. The summed E-state index contributed by atoms with van der Waals surface area (Å²) in [5, 5.41) is 0.937. The topological polar surface area (TPSA) is 47.1 Å². The van der Waals surface area contributed by atoms with Crippen LogP contribution in [0.4, 0.5) is 4.39 Å². The van der Waals surface area contributed by atoms with Crippen molar-refractivity contribution in [1.29, 1.82) is 0 Å². The van der Waals surface area contributed by atoms with E-state index in [4.69, 9.17) is 9.47 Å². The standard InChI is InChI=1S/C15H13FN2O2/c1-19-9-11-2-3-12(16)7-14(11)20-13-6-10-4-5-17-15(10)18-8-13/h2-8H,9H2,1H3,(H,17,18). The van der Waals surface area contributed by atoms with Crippen LogP contribution in [0.3, 0.4) is 0 Å². The van der Waals surface area contributed by atoms with Gasteiger partial charge in [-0.1, -0.05) is 6.07 Å². The summed E-state index contributed by atoms with van der Waals surface area (Å²) in [6, 6.07) is 8.12. The number of hydrogen-bond donors (Lipinski definition) is 1. The minimum Gasteiger partial charge on any atom is -0.455 e. The Morgan fingerprint density at radius 1 is 1.25 bits per heavy atom. The minimum atomic E-state index is -0.351. The summed E-state index contributed by atoms with van der Waals surface area (Å²) >= 11 is 0. The molecule has 3 aromatic rings. The number of pyridine rings is 1. The molecule has 1 aromatic carbocycles. The van der Waals surface area contributed by atoms with Gasteiger partial charge in [0.1, 0.15) is 23.0 Å². The van der Waals surface area contributed by atoms with Gasteiger partial charge in [-0.3, -0.25) is 0 Å². The van der Waals surface area contributed by atoms with Gasteiger partial charge in [0, 0.05) is 30.3 Å². The lowest BCUT2D eigenvalue weighted by Crippen LogP contribution is -1.95. The predicted octanol–water partition coefficient (Wildman–Crippen LogP) is 3.64. The summed E-state index contributed by atoms with van der Waals surface area (Å²) < 4.78 is 24.2. The van der Waals surface area contributed by atoms with Crippen LogP contribution in [0.1, 0.15) is 5.56 Å². The van der Waals surface area contributed by atoms with Crippen LogP contribution in [0.15, 0.2) is 42.7 Å². The number of halogens is 1. The van der Waals surface area contributed by atoms with Gasteiger partial charge in [0.05, 0.1) is 12.8 Å². The third-order valence-electron chi connectivity index (χ3n) is 2.93. The number of nitrogens with one attached hydrogen (secondary N) is 1. The van der Waals surface area contributed by atoms with E-state index in [1.165, 1.54) is 12.1 Å². The van der Waals surface area contributed by atoms with Crippen molar-refractivity contribution in [2.75, 3.05) is 7.11 Å². The Kier molecular flexibility index (Phi) is 3.35. The second kappa shape index (κ2) is 5.30. The van der Waals surface area contributed by atoms with Crippen LogP contribution < -0.4 is 4.74 Å². The molecule has 0 saturated heterocycles. The lowest BCUT2D eigenvalue weighted by molar-refractivity contribution is 0.182. The molecule has 0 spiro atoms. The lowest BCUT2D eigenvalue weighted by atomic mass is 10.2.